The SMILES string of the molecule is CCOC(=O)C1(C)CCN(c2ccccc2C)S1(=O)=O. The predicted octanol–water partition coefficient (Wildman–Crippen LogP) is 1.86. The van der Waals surface area contributed by atoms with Crippen LogP contribution in [0, 0.1) is 6.92 Å². The number of carbonyl (C=O) groups is 1. The summed E-state index contributed by atoms with van der Waals surface area (Å²) in [6.45, 7) is 5.43. The second kappa shape index (κ2) is 5.09. The number of aryl methyl sites for hydroxylation is 1. The standard InChI is InChI=1S/C14H19NO4S/c1-4-19-13(16)14(3)9-10-15(20(14,17)18)12-8-6-5-7-11(12)2/h5-8H,4,9-10H2,1-3H3. The second-order valence-electron chi connectivity index (χ2n) is 5.06. The Kier molecular flexibility index (Phi) is 3.77. The molecule has 110 valence electrons. The molecule has 1 aliphatic rings. The fraction of sp³-hybridized carbons (Fsp3) is 0.500. The Bertz CT molecular complexity index is 626. The molecule has 1 saturated heterocycles. The van der Waals surface area contributed by atoms with Gasteiger partial charge in [0.2, 0.25) is 0 Å². The summed E-state index contributed by atoms with van der Waals surface area (Å²) in [5.41, 5.74) is 1.49. The first kappa shape index (κ1) is 14.8. The molecule has 1 fully saturated rings. The molecule has 0 amide bonds. The van der Waals surface area contributed by atoms with Crippen molar-refractivity contribution in [2.24, 2.45) is 0 Å². The minimum absolute atomic E-state index is 0.175. The summed E-state index contributed by atoms with van der Waals surface area (Å²) < 4.78 is 30.2. The van der Waals surface area contributed by atoms with Gasteiger partial charge in [-0.1, -0.05) is 18.2 Å². The number of anilines is 1. The van der Waals surface area contributed by atoms with Crippen molar-refractivity contribution in [2.45, 2.75) is 31.9 Å². The smallest absolute Gasteiger partial charge is 0.329 e. The van der Waals surface area contributed by atoms with Crippen LogP contribution in [0.2, 0.25) is 0 Å². The summed E-state index contributed by atoms with van der Waals surface area (Å²) in [4.78, 5) is 12.0. The average molecular weight is 297 g/mol. The summed E-state index contributed by atoms with van der Waals surface area (Å²) in [6.07, 6.45) is 0.239. The lowest BCUT2D eigenvalue weighted by atomic mass is 10.1. The highest BCUT2D eigenvalue weighted by Crippen LogP contribution is 2.38. The van der Waals surface area contributed by atoms with E-state index in [1.54, 1.807) is 19.1 Å². The first-order chi connectivity index (χ1) is 9.34. The van der Waals surface area contributed by atoms with Crippen molar-refractivity contribution in [3.05, 3.63) is 29.8 Å². The van der Waals surface area contributed by atoms with Gasteiger partial charge in [0, 0.05) is 6.54 Å². The number of esters is 1. The molecule has 1 unspecified atom stereocenters. The lowest BCUT2D eigenvalue weighted by Crippen LogP contribution is -2.45. The zero-order chi connectivity index (χ0) is 15.0. The monoisotopic (exact) mass is 297 g/mol. The Morgan fingerprint density at radius 3 is 2.65 bits per heavy atom. The van der Waals surface area contributed by atoms with Gasteiger partial charge in [-0.3, -0.25) is 9.10 Å². The van der Waals surface area contributed by atoms with Crippen LogP contribution in [0.3, 0.4) is 0 Å². The highest BCUT2D eigenvalue weighted by molar-refractivity contribution is 7.95. The lowest BCUT2D eigenvalue weighted by molar-refractivity contribution is -0.145. The van der Waals surface area contributed by atoms with Crippen molar-refractivity contribution in [3.63, 3.8) is 0 Å². The van der Waals surface area contributed by atoms with E-state index in [0.29, 0.717) is 12.2 Å². The highest BCUT2D eigenvalue weighted by atomic mass is 32.2. The van der Waals surface area contributed by atoms with Gasteiger partial charge < -0.3 is 4.74 Å². The zero-order valence-corrected chi connectivity index (χ0v) is 12.7. The Hall–Kier alpha value is -1.56. The third kappa shape index (κ3) is 2.08. The Balaban J connectivity index is 2.43. The quantitative estimate of drug-likeness (QED) is 0.799. The summed E-state index contributed by atoms with van der Waals surface area (Å²) >= 11 is 0. The van der Waals surface area contributed by atoms with Gasteiger partial charge in [0.05, 0.1) is 12.3 Å². The first-order valence-electron chi connectivity index (χ1n) is 6.59. The van der Waals surface area contributed by atoms with Crippen LogP contribution in [0.4, 0.5) is 5.69 Å². The molecule has 0 radical (unpaired) electrons. The molecule has 1 heterocycles. The summed E-state index contributed by atoms with van der Waals surface area (Å²) in [7, 11) is -3.77. The van der Waals surface area contributed by atoms with Crippen LogP contribution in [0.1, 0.15) is 25.8 Å². The number of benzene rings is 1. The molecule has 0 saturated carbocycles. The number of hydrogen-bond donors (Lipinski definition) is 0. The predicted molar refractivity (Wildman–Crippen MR) is 77.1 cm³/mol. The minimum atomic E-state index is -3.77. The fourth-order valence-electron chi connectivity index (χ4n) is 2.39. The maximum absolute atomic E-state index is 12.7. The van der Waals surface area contributed by atoms with E-state index in [2.05, 4.69) is 0 Å². The number of ether oxygens (including phenoxy) is 1. The molecular formula is C14H19NO4S. The van der Waals surface area contributed by atoms with E-state index >= 15 is 0 Å². The molecule has 1 aromatic carbocycles. The Labute approximate surface area is 119 Å². The normalized spacial score (nSPS) is 24.6. The number of nitrogens with zero attached hydrogens (tertiary/aromatic N) is 1. The number of rotatable bonds is 3. The maximum Gasteiger partial charge on any atom is 0.329 e. The molecule has 6 heteroatoms. The molecule has 0 aliphatic carbocycles. The molecule has 0 N–H and O–H groups in total. The van der Waals surface area contributed by atoms with E-state index in [0.717, 1.165) is 5.56 Å². The second-order valence-corrected chi connectivity index (χ2v) is 7.36. The molecular weight excluding hydrogens is 278 g/mol. The van der Waals surface area contributed by atoms with Crippen molar-refractivity contribution in [2.75, 3.05) is 17.5 Å². The van der Waals surface area contributed by atoms with Crippen LogP contribution < -0.4 is 4.31 Å². The van der Waals surface area contributed by atoms with Crippen LogP contribution in [0.15, 0.2) is 24.3 Å². The van der Waals surface area contributed by atoms with Crippen LogP contribution in [-0.4, -0.2) is 32.3 Å². The van der Waals surface area contributed by atoms with E-state index in [1.807, 2.05) is 19.1 Å². The lowest BCUT2D eigenvalue weighted by Gasteiger charge is -2.25. The van der Waals surface area contributed by atoms with Crippen molar-refractivity contribution in [1.29, 1.82) is 0 Å². The van der Waals surface area contributed by atoms with Gasteiger partial charge in [0.1, 0.15) is 0 Å². The van der Waals surface area contributed by atoms with Crippen LogP contribution in [0.25, 0.3) is 0 Å². The van der Waals surface area contributed by atoms with Crippen molar-refractivity contribution in [3.8, 4) is 0 Å². The van der Waals surface area contributed by atoms with Gasteiger partial charge in [-0.25, -0.2) is 8.42 Å². The molecule has 0 spiro atoms. The topological polar surface area (TPSA) is 63.7 Å². The Morgan fingerprint density at radius 2 is 2.05 bits per heavy atom. The molecule has 2 rings (SSSR count). The molecule has 0 bridgehead atoms. The highest BCUT2D eigenvalue weighted by Gasteiger charge is 2.56. The van der Waals surface area contributed by atoms with Crippen LogP contribution in [0.5, 0.6) is 0 Å². The van der Waals surface area contributed by atoms with Gasteiger partial charge in [0.15, 0.2) is 4.75 Å². The zero-order valence-electron chi connectivity index (χ0n) is 11.9. The van der Waals surface area contributed by atoms with Gasteiger partial charge in [0.25, 0.3) is 10.0 Å². The van der Waals surface area contributed by atoms with Gasteiger partial charge >= 0.3 is 5.97 Å². The van der Waals surface area contributed by atoms with E-state index in [1.165, 1.54) is 11.2 Å². The van der Waals surface area contributed by atoms with E-state index in [4.69, 9.17) is 4.74 Å². The van der Waals surface area contributed by atoms with Crippen molar-refractivity contribution in [1.82, 2.24) is 0 Å². The fourth-order valence-corrected chi connectivity index (χ4v) is 4.29. The van der Waals surface area contributed by atoms with Crippen molar-refractivity contribution < 1.29 is 17.9 Å². The van der Waals surface area contributed by atoms with Crippen LogP contribution in [-0.2, 0) is 19.6 Å². The summed E-state index contributed by atoms with van der Waals surface area (Å²) in [5.74, 6) is -0.670. The van der Waals surface area contributed by atoms with Gasteiger partial charge in [-0.15, -0.1) is 0 Å². The number of sulfonamides is 1. The van der Waals surface area contributed by atoms with E-state index in [9.17, 15) is 13.2 Å². The number of carbonyl (C=O) groups excluding carboxylic acids is 1. The summed E-state index contributed by atoms with van der Waals surface area (Å²) in [5, 5.41) is 0. The molecule has 0 aromatic heterocycles. The van der Waals surface area contributed by atoms with Gasteiger partial charge in [-0.05, 0) is 38.8 Å². The number of hydrogen-bond acceptors (Lipinski definition) is 4. The third-order valence-electron chi connectivity index (χ3n) is 3.74. The van der Waals surface area contributed by atoms with Gasteiger partial charge in [-0.2, -0.15) is 0 Å². The maximum atomic E-state index is 12.7. The van der Waals surface area contributed by atoms with Crippen LogP contribution >= 0.6 is 0 Å². The van der Waals surface area contributed by atoms with E-state index < -0.39 is 20.7 Å². The molecule has 1 aromatic rings. The molecule has 1 atom stereocenters. The first-order valence-corrected chi connectivity index (χ1v) is 8.03. The molecule has 1 aliphatic heterocycles. The van der Waals surface area contributed by atoms with Crippen molar-refractivity contribution >= 4 is 21.7 Å². The third-order valence-corrected chi connectivity index (χ3v) is 6.21. The molecule has 5 nitrogen and oxygen atoms in total. The largest absolute Gasteiger partial charge is 0.465 e. The summed E-state index contributed by atoms with van der Waals surface area (Å²) in [6, 6.07) is 7.25. The Morgan fingerprint density at radius 1 is 1.40 bits per heavy atom. The molecule has 20 heavy (non-hydrogen) atoms. The minimum Gasteiger partial charge on any atom is -0.465 e. The average Bonchev–Trinajstić information content (AvgIpc) is 2.63. The number of para-hydroxylation sites is 1. The van der Waals surface area contributed by atoms with E-state index in [-0.39, 0.29) is 13.0 Å².